The third-order valence-corrected chi connectivity index (χ3v) is 3.41. The van der Waals surface area contributed by atoms with E-state index in [0.717, 1.165) is 22.0 Å². The number of pyridine rings is 2. The number of aromatic nitrogens is 2. The maximum Gasteiger partial charge on any atom is 0.291 e. The summed E-state index contributed by atoms with van der Waals surface area (Å²) < 4.78 is 4.96. The Balaban J connectivity index is 0.000000136. The van der Waals surface area contributed by atoms with Gasteiger partial charge in [-0.1, -0.05) is 6.07 Å². The summed E-state index contributed by atoms with van der Waals surface area (Å²) >= 11 is 0. The van der Waals surface area contributed by atoms with Crippen molar-refractivity contribution in [2.24, 2.45) is 0 Å². The molecule has 5 nitrogen and oxygen atoms in total. The van der Waals surface area contributed by atoms with Crippen molar-refractivity contribution in [2.45, 2.75) is 13.8 Å². The van der Waals surface area contributed by atoms with Gasteiger partial charge in [-0.15, -0.1) is 0 Å². The second-order valence-electron chi connectivity index (χ2n) is 5.35. The highest BCUT2D eigenvalue weighted by atomic mass is 16.3. The van der Waals surface area contributed by atoms with E-state index < -0.39 is 0 Å². The van der Waals surface area contributed by atoms with Gasteiger partial charge in [0.05, 0.1) is 6.26 Å². The van der Waals surface area contributed by atoms with Crippen LogP contribution in [0.15, 0.2) is 58.1 Å². The first kappa shape index (κ1) is 14.8. The molecule has 0 spiro atoms. The molecule has 0 fully saturated rings. The van der Waals surface area contributed by atoms with E-state index in [2.05, 4.69) is 9.97 Å². The molecule has 5 heteroatoms. The van der Waals surface area contributed by atoms with Gasteiger partial charge in [0.25, 0.3) is 5.56 Å². The SMILES string of the molecule is Cc1cc(O)c2ncccc2c1.Cc1cc2ccoc2c(=O)[nH]1. The zero-order valence-electron chi connectivity index (χ0n) is 12.8. The Morgan fingerprint density at radius 2 is 1.96 bits per heavy atom. The third kappa shape index (κ3) is 3.08. The van der Waals surface area contributed by atoms with Crippen LogP contribution in [-0.2, 0) is 0 Å². The number of furan rings is 1. The smallest absolute Gasteiger partial charge is 0.291 e. The first-order chi connectivity index (χ1) is 11.0. The van der Waals surface area contributed by atoms with E-state index in [1.54, 1.807) is 18.3 Å². The molecule has 2 N–H and O–H groups in total. The number of rotatable bonds is 0. The largest absolute Gasteiger partial charge is 0.506 e. The molecule has 0 bridgehead atoms. The number of aromatic amines is 1. The van der Waals surface area contributed by atoms with Crippen molar-refractivity contribution in [3.05, 3.63) is 70.5 Å². The number of nitrogens with one attached hydrogen (secondary N) is 1. The van der Waals surface area contributed by atoms with Crippen molar-refractivity contribution in [1.82, 2.24) is 9.97 Å². The van der Waals surface area contributed by atoms with Crippen LogP contribution in [0.1, 0.15) is 11.3 Å². The molecular weight excluding hydrogens is 292 g/mol. The molecule has 0 saturated heterocycles. The average molecular weight is 308 g/mol. The molecule has 23 heavy (non-hydrogen) atoms. The van der Waals surface area contributed by atoms with E-state index in [1.807, 2.05) is 38.1 Å². The van der Waals surface area contributed by atoms with Gasteiger partial charge in [0.15, 0.2) is 5.58 Å². The second-order valence-corrected chi connectivity index (χ2v) is 5.35. The normalized spacial score (nSPS) is 10.5. The molecule has 0 aliphatic carbocycles. The summed E-state index contributed by atoms with van der Waals surface area (Å²) in [5.74, 6) is 0.255. The summed E-state index contributed by atoms with van der Waals surface area (Å²) in [5, 5.41) is 11.3. The summed E-state index contributed by atoms with van der Waals surface area (Å²) in [6.07, 6.45) is 3.19. The average Bonchev–Trinajstić information content (AvgIpc) is 2.96. The van der Waals surface area contributed by atoms with Gasteiger partial charge in [-0.05, 0) is 49.7 Å². The maximum atomic E-state index is 11.1. The third-order valence-electron chi connectivity index (χ3n) is 3.41. The predicted molar refractivity (Wildman–Crippen MR) is 89.7 cm³/mol. The second kappa shape index (κ2) is 5.96. The van der Waals surface area contributed by atoms with Crippen molar-refractivity contribution < 1.29 is 9.52 Å². The molecule has 116 valence electrons. The Labute approximate surface area is 132 Å². The van der Waals surface area contributed by atoms with E-state index in [-0.39, 0.29) is 11.3 Å². The molecule has 0 aliphatic heterocycles. The summed E-state index contributed by atoms with van der Waals surface area (Å²) in [4.78, 5) is 17.8. The van der Waals surface area contributed by atoms with Crippen LogP contribution in [0, 0.1) is 13.8 Å². The standard InChI is InChI=1S/C10H9NO.C8H7NO2/c1-7-5-8-3-2-4-11-10(8)9(12)6-7;1-5-4-6-2-3-11-7(6)8(10)9-5/h2-6,12H,1H3;2-4H,1H3,(H,9,10). The lowest BCUT2D eigenvalue weighted by molar-refractivity contribution is 0.480. The van der Waals surface area contributed by atoms with Crippen LogP contribution < -0.4 is 5.56 Å². The molecular formula is C18H16N2O3. The fourth-order valence-corrected chi connectivity index (χ4v) is 2.44. The quantitative estimate of drug-likeness (QED) is 0.519. The van der Waals surface area contributed by atoms with Gasteiger partial charge in [0.2, 0.25) is 0 Å². The van der Waals surface area contributed by atoms with Gasteiger partial charge in [0.1, 0.15) is 11.3 Å². The van der Waals surface area contributed by atoms with Gasteiger partial charge in [-0.2, -0.15) is 0 Å². The number of fused-ring (bicyclic) bond motifs is 2. The minimum absolute atomic E-state index is 0.162. The van der Waals surface area contributed by atoms with Crippen LogP contribution in [0.25, 0.3) is 21.9 Å². The number of aryl methyl sites for hydroxylation is 2. The van der Waals surface area contributed by atoms with E-state index in [9.17, 15) is 9.90 Å². The molecule has 4 aromatic rings. The number of aromatic hydroxyl groups is 1. The van der Waals surface area contributed by atoms with Crippen molar-refractivity contribution in [2.75, 3.05) is 0 Å². The molecule has 0 atom stereocenters. The van der Waals surface area contributed by atoms with Crippen LogP contribution in [0.2, 0.25) is 0 Å². The molecule has 0 unspecified atom stereocenters. The highest BCUT2D eigenvalue weighted by Gasteiger charge is 2.01. The van der Waals surface area contributed by atoms with Crippen molar-refractivity contribution in [3.8, 4) is 5.75 Å². The highest BCUT2D eigenvalue weighted by Crippen LogP contribution is 2.23. The fourth-order valence-electron chi connectivity index (χ4n) is 2.44. The topological polar surface area (TPSA) is 79.1 Å². The highest BCUT2D eigenvalue weighted by molar-refractivity contribution is 5.84. The molecule has 4 rings (SSSR count). The number of hydrogen-bond donors (Lipinski definition) is 2. The lowest BCUT2D eigenvalue weighted by atomic mass is 10.1. The number of phenols is 1. The Morgan fingerprint density at radius 3 is 2.78 bits per heavy atom. The lowest BCUT2D eigenvalue weighted by Gasteiger charge is -2.00. The van der Waals surface area contributed by atoms with Crippen LogP contribution in [0.4, 0.5) is 0 Å². The molecule has 3 aromatic heterocycles. The van der Waals surface area contributed by atoms with Crippen molar-refractivity contribution >= 4 is 21.9 Å². The van der Waals surface area contributed by atoms with Gasteiger partial charge in [-0.3, -0.25) is 9.78 Å². The first-order valence-corrected chi connectivity index (χ1v) is 7.16. The summed E-state index contributed by atoms with van der Waals surface area (Å²) in [6, 6.07) is 11.2. The van der Waals surface area contributed by atoms with E-state index in [4.69, 9.17) is 4.42 Å². The van der Waals surface area contributed by atoms with E-state index in [1.165, 1.54) is 6.26 Å². The number of phenolic OH excluding ortho intramolecular Hbond substituents is 1. The molecule has 3 heterocycles. The van der Waals surface area contributed by atoms with Gasteiger partial charge in [-0.25, -0.2) is 0 Å². The number of H-pyrrole nitrogens is 1. The van der Waals surface area contributed by atoms with Gasteiger partial charge < -0.3 is 14.5 Å². The van der Waals surface area contributed by atoms with Gasteiger partial charge in [0, 0.05) is 22.7 Å². The Kier molecular flexibility index (Phi) is 3.85. The van der Waals surface area contributed by atoms with Crippen LogP contribution in [-0.4, -0.2) is 15.1 Å². The van der Waals surface area contributed by atoms with E-state index in [0.29, 0.717) is 11.1 Å². The van der Waals surface area contributed by atoms with Gasteiger partial charge >= 0.3 is 0 Å². The van der Waals surface area contributed by atoms with Crippen LogP contribution in [0.3, 0.4) is 0 Å². The summed E-state index contributed by atoms with van der Waals surface area (Å²) in [5.41, 5.74) is 2.81. The fraction of sp³-hybridized carbons (Fsp3) is 0.111. The van der Waals surface area contributed by atoms with Crippen LogP contribution >= 0.6 is 0 Å². The van der Waals surface area contributed by atoms with Crippen molar-refractivity contribution in [3.63, 3.8) is 0 Å². The molecule has 1 aromatic carbocycles. The predicted octanol–water partition coefficient (Wildman–Crippen LogP) is 3.68. The number of nitrogens with zero attached hydrogens (tertiary/aromatic N) is 1. The number of benzene rings is 1. The zero-order chi connectivity index (χ0) is 16.4. The van der Waals surface area contributed by atoms with E-state index >= 15 is 0 Å². The minimum Gasteiger partial charge on any atom is -0.506 e. The van der Waals surface area contributed by atoms with Crippen molar-refractivity contribution in [1.29, 1.82) is 0 Å². The molecule has 0 amide bonds. The lowest BCUT2D eigenvalue weighted by Crippen LogP contribution is -2.05. The molecule has 0 aliphatic rings. The summed E-state index contributed by atoms with van der Waals surface area (Å²) in [7, 11) is 0. The monoisotopic (exact) mass is 308 g/mol. The Bertz CT molecular complexity index is 1030. The Morgan fingerprint density at radius 1 is 1.13 bits per heavy atom. The zero-order valence-corrected chi connectivity index (χ0v) is 12.8. The van der Waals surface area contributed by atoms with Crippen LogP contribution in [0.5, 0.6) is 5.75 Å². The number of hydrogen-bond acceptors (Lipinski definition) is 4. The first-order valence-electron chi connectivity index (χ1n) is 7.16. The maximum absolute atomic E-state index is 11.1. The molecule has 0 saturated carbocycles. The molecule has 0 radical (unpaired) electrons. The Hall–Kier alpha value is -3.08. The minimum atomic E-state index is -0.162. The summed E-state index contributed by atoms with van der Waals surface area (Å²) in [6.45, 7) is 3.79.